The minimum absolute atomic E-state index is 0. The highest BCUT2D eigenvalue weighted by Crippen LogP contribution is 2.13. The third-order valence-corrected chi connectivity index (χ3v) is 3.28. The average molecular weight is 287 g/mol. The van der Waals surface area contributed by atoms with Crippen LogP contribution in [0.1, 0.15) is 5.69 Å². The van der Waals surface area contributed by atoms with Crippen LogP contribution in [0.25, 0.3) is 5.65 Å². The van der Waals surface area contributed by atoms with Crippen LogP contribution in [-0.2, 0) is 6.54 Å². The standard InChI is InChI=1S/C12H15ClN4.ClH/c13-10-1-2-12-15-11(9-17(12)7-10)8-16-5-3-14-4-6-16;/h1-2,7,9,14H,3-6,8H2;1H. The van der Waals surface area contributed by atoms with Gasteiger partial charge in [0.2, 0.25) is 0 Å². The maximum atomic E-state index is 5.95. The van der Waals surface area contributed by atoms with Gasteiger partial charge in [0.15, 0.2) is 0 Å². The lowest BCUT2D eigenvalue weighted by Gasteiger charge is -2.26. The van der Waals surface area contributed by atoms with Crippen LogP contribution in [0.15, 0.2) is 24.5 Å². The monoisotopic (exact) mass is 286 g/mol. The van der Waals surface area contributed by atoms with E-state index in [4.69, 9.17) is 11.6 Å². The van der Waals surface area contributed by atoms with Crippen molar-refractivity contribution in [3.63, 3.8) is 0 Å². The molecule has 18 heavy (non-hydrogen) atoms. The summed E-state index contributed by atoms with van der Waals surface area (Å²) in [5.41, 5.74) is 2.06. The van der Waals surface area contributed by atoms with Crippen molar-refractivity contribution in [1.82, 2.24) is 19.6 Å². The van der Waals surface area contributed by atoms with Gasteiger partial charge in [0.25, 0.3) is 0 Å². The summed E-state index contributed by atoms with van der Waals surface area (Å²) in [7, 11) is 0. The van der Waals surface area contributed by atoms with Crippen molar-refractivity contribution < 1.29 is 0 Å². The number of hydrogen-bond acceptors (Lipinski definition) is 3. The first-order chi connectivity index (χ1) is 8.31. The van der Waals surface area contributed by atoms with Gasteiger partial charge < -0.3 is 9.72 Å². The fourth-order valence-electron chi connectivity index (χ4n) is 2.19. The molecule has 2 aromatic heterocycles. The lowest BCUT2D eigenvalue weighted by molar-refractivity contribution is 0.231. The molecule has 0 amide bonds. The van der Waals surface area contributed by atoms with Crippen molar-refractivity contribution in [2.45, 2.75) is 6.54 Å². The van der Waals surface area contributed by atoms with Crippen molar-refractivity contribution in [3.8, 4) is 0 Å². The summed E-state index contributed by atoms with van der Waals surface area (Å²) >= 11 is 5.95. The maximum Gasteiger partial charge on any atom is 0.137 e. The number of halogens is 2. The predicted molar refractivity (Wildman–Crippen MR) is 75.6 cm³/mol. The molecule has 0 saturated carbocycles. The van der Waals surface area contributed by atoms with E-state index in [0.717, 1.165) is 49.1 Å². The fraction of sp³-hybridized carbons (Fsp3) is 0.417. The van der Waals surface area contributed by atoms with Crippen molar-refractivity contribution in [1.29, 1.82) is 0 Å². The van der Waals surface area contributed by atoms with E-state index in [1.54, 1.807) is 0 Å². The van der Waals surface area contributed by atoms with Crippen LogP contribution >= 0.6 is 24.0 Å². The van der Waals surface area contributed by atoms with Crippen LogP contribution in [0.3, 0.4) is 0 Å². The van der Waals surface area contributed by atoms with E-state index >= 15 is 0 Å². The Morgan fingerprint density at radius 1 is 1.22 bits per heavy atom. The Bertz CT molecular complexity index is 520. The van der Waals surface area contributed by atoms with E-state index in [1.165, 1.54) is 0 Å². The van der Waals surface area contributed by atoms with Crippen molar-refractivity contribution in [3.05, 3.63) is 35.2 Å². The maximum absolute atomic E-state index is 5.95. The van der Waals surface area contributed by atoms with Crippen LogP contribution in [0.2, 0.25) is 5.02 Å². The summed E-state index contributed by atoms with van der Waals surface area (Å²) in [4.78, 5) is 7.01. The first-order valence-electron chi connectivity index (χ1n) is 5.87. The molecule has 0 aromatic carbocycles. The summed E-state index contributed by atoms with van der Waals surface area (Å²) in [5, 5.41) is 4.09. The van der Waals surface area contributed by atoms with Gasteiger partial charge in [-0.05, 0) is 12.1 Å². The summed E-state index contributed by atoms with van der Waals surface area (Å²) in [5.74, 6) is 0. The van der Waals surface area contributed by atoms with Gasteiger partial charge in [-0.2, -0.15) is 0 Å². The number of imidazole rings is 1. The summed E-state index contributed by atoms with van der Waals surface area (Å²) in [6, 6.07) is 3.82. The zero-order chi connectivity index (χ0) is 11.7. The van der Waals surface area contributed by atoms with Gasteiger partial charge in [-0.1, -0.05) is 11.6 Å². The minimum atomic E-state index is 0. The molecule has 1 aliphatic heterocycles. The number of hydrogen-bond donors (Lipinski definition) is 1. The molecule has 0 aliphatic carbocycles. The highest BCUT2D eigenvalue weighted by molar-refractivity contribution is 6.30. The summed E-state index contributed by atoms with van der Waals surface area (Å²) < 4.78 is 1.99. The van der Waals surface area contributed by atoms with Crippen LogP contribution in [0.4, 0.5) is 0 Å². The molecule has 1 fully saturated rings. The van der Waals surface area contributed by atoms with E-state index in [-0.39, 0.29) is 12.4 Å². The molecule has 3 rings (SSSR count). The summed E-state index contributed by atoms with van der Waals surface area (Å²) in [6.45, 7) is 5.24. The predicted octanol–water partition coefficient (Wildman–Crippen LogP) is 1.81. The van der Waals surface area contributed by atoms with E-state index in [2.05, 4.69) is 21.4 Å². The number of aromatic nitrogens is 2. The third-order valence-electron chi connectivity index (χ3n) is 3.06. The Morgan fingerprint density at radius 3 is 2.78 bits per heavy atom. The Labute approximate surface area is 117 Å². The first kappa shape index (κ1) is 13.6. The molecule has 0 atom stereocenters. The Kier molecular flexibility index (Phi) is 4.45. The molecule has 1 N–H and O–H groups in total. The van der Waals surface area contributed by atoms with Crippen molar-refractivity contribution in [2.24, 2.45) is 0 Å². The smallest absolute Gasteiger partial charge is 0.137 e. The second-order valence-corrected chi connectivity index (χ2v) is 4.81. The first-order valence-corrected chi connectivity index (χ1v) is 6.25. The molecule has 4 nitrogen and oxygen atoms in total. The van der Waals surface area contributed by atoms with Crippen LogP contribution in [-0.4, -0.2) is 40.5 Å². The van der Waals surface area contributed by atoms with Crippen LogP contribution in [0.5, 0.6) is 0 Å². The van der Waals surface area contributed by atoms with Gasteiger partial charge in [0.05, 0.1) is 10.7 Å². The Hall–Kier alpha value is -0.810. The molecular formula is C12H16Cl2N4. The molecule has 1 saturated heterocycles. The molecule has 2 aromatic rings. The minimum Gasteiger partial charge on any atom is -0.314 e. The van der Waals surface area contributed by atoms with Gasteiger partial charge >= 0.3 is 0 Å². The zero-order valence-electron chi connectivity index (χ0n) is 9.97. The highest BCUT2D eigenvalue weighted by atomic mass is 35.5. The van der Waals surface area contributed by atoms with Gasteiger partial charge in [-0.15, -0.1) is 12.4 Å². The van der Waals surface area contributed by atoms with E-state index in [1.807, 2.05) is 22.7 Å². The third kappa shape index (κ3) is 2.95. The normalized spacial score (nSPS) is 16.7. The second-order valence-electron chi connectivity index (χ2n) is 4.37. The van der Waals surface area contributed by atoms with Gasteiger partial charge in [0.1, 0.15) is 5.65 Å². The number of fused-ring (bicyclic) bond motifs is 1. The lowest BCUT2D eigenvalue weighted by Crippen LogP contribution is -2.42. The van der Waals surface area contributed by atoms with Crippen LogP contribution in [0, 0.1) is 0 Å². The quantitative estimate of drug-likeness (QED) is 0.914. The molecule has 1 aliphatic rings. The Balaban J connectivity index is 0.00000120. The molecule has 0 radical (unpaired) electrons. The Morgan fingerprint density at radius 2 is 2.00 bits per heavy atom. The number of pyridine rings is 1. The van der Waals surface area contributed by atoms with Crippen LogP contribution < -0.4 is 5.32 Å². The molecule has 98 valence electrons. The van der Waals surface area contributed by atoms with Crippen molar-refractivity contribution in [2.75, 3.05) is 26.2 Å². The van der Waals surface area contributed by atoms with E-state index < -0.39 is 0 Å². The topological polar surface area (TPSA) is 32.6 Å². The number of nitrogens with zero attached hydrogens (tertiary/aromatic N) is 3. The largest absolute Gasteiger partial charge is 0.314 e. The molecule has 6 heteroatoms. The molecule has 0 spiro atoms. The highest BCUT2D eigenvalue weighted by Gasteiger charge is 2.11. The molecule has 0 unspecified atom stereocenters. The number of nitrogens with one attached hydrogen (secondary N) is 1. The SMILES string of the molecule is Cl.Clc1ccc2nc(CN3CCNCC3)cn2c1. The van der Waals surface area contributed by atoms with E-state index in [0.29, 0.717) is 0 Å². The van der Waals surface area contributed by atoms with E-state index in [9.17, 15) is 0 Å². The summed E-state index contributed by atoms with van der Waals surface area (Å²) in [6.07, 6.45) is 3.95. The van der Waals surface area contributed by atoms with Crippen molar-refractivity contribution >= 4 is 29.7 Å². The number of rotatable bonds is 2. The average Bonchev–Trinajstić information content (AvgIpc) is 2.71. The second kappa shape index (κ2) is 5.89. The molecular weight excluding hydrogens is 271 g/mol. The molecule has 3 heterocycles. The fourth-order valence-corrected chi connectivity index (χ4v) is 2.36. The zero-order valence-corrected chi connectivity index (χ0v) is 11.5. The van der Waals surface area contributed by atoms with Gasteiger partial charge in [-0.25, -0.2) is 4.98 Å². The van der Waals surface area contributed by atoms with Gasteiger partial charge in [-0.3, -0.25) is 4.90 Å². The lowest BCUT2D eigenvalue weighted by atomic mass is 10.3. The molecule has 0 bridgehead atoms. The number of piperazine rings is 1. The van der Waals surface area contributed by atoms with Gasteiger partial charge in [0, 0.05) is 45.1 Å².